The molecular weight excluding hydrogens is 541 g/mol. The summed E-state index contributed by atoms with van der Waals surface area (Å²) in [6.07, 6.45) is 0. The van der Waals surface area contributed by atoms with Crippen LogP contribution in [0.5, 0.6) is 11.5 Å². The number of aromatic hydroxyl groups is 2. The molecule has 5 rings (SSSR count). The van der Waals surface area contributed by atoms with Crippen LogP contribution in [0, 0.1) is 17.5 Å². The van der Waals surface area contributed by atoms with Crippen LogP contribution in [-0.2, 0) is 10.9 Å². The van der Waals surface area contributed by atoms with Crippen LogP contribution in [0.2, 0.25) is 0 Å². The highest BCUT2D eigenvalue weighted by Gasteiger charge is 2.29. The number of carbonyl (C=O) groups is 1. The van der Waals surface area contributed by atoms with E-state index < -0.39 is 22.5 Å². The second-order valence-electron chi connectivity index (χ2n) is 8.46. The van der Waals surface area contributed by atoms with Crippen LogP contribution in [-0.4, -0.2) is 16.0 Å². The first-order chi connectivity index (χ1) is 18.8. The normalized spacial score (nSPS) is 11.1. The summed E-state index contributed by atoms with van der Waals surface area (Å²) < 4.78 is 42.1. The minimum atomic E-state index is -0.611. The molecule has 0 aliphatic carbocycles. The lowest BCUT2D eigenvalue weighted by atomic mass is 10.0. The van der Waals surface area contributed by atoms with E-state index in [4.69, 9.17) is 0 Å². The minimum absolute atomic E-state index is 0.0408. The highest BCUT2D eigenvalue weighted by atomic mass is 32.2. The molecule has 3 nitrogen and oxygen atoms in total. The first-order valence-electron chi connectivity index (χ1n) is 11.7. The average Bonchev–Trinajstić information content (AvgIpc) is 2.92. The molecule has 2 N–H and O–H groups in total. The molecule has 0 aliphatic heterocycles. The molecule has 0 aliphatic rings. The van der Waals surface area contributed by atoms with Crippen molar-refractivity contribution < 1.29 is 28.2 Å². The Morgan fingerprint density at radius 1 is 0.641 bits per heavy atom. The van der Waals surface area contributed by atoms with Crippen molar-refractivity contribution in [1.82, 2.24) is 0 Å². The van der Waals surface area contributed by atoms with Crippen LogP contribution in [0.3, 0.4) is 0 Å². The molecule has 0 spiro atoms. The zero-order chi connectivity index (χ0) is 27.5. The van der Waals surface area contributed by atoms with E-state index in [9.17, 15) is 28.2 Å². The van der Waals surface area contributed by atoms with Crippen molar-refractivity contribution in [3.05, 3.63) is 138 Å². The molecule has 0 fully saturated rings. The van der Waals surface area contributed by atoms with Gasteiger partial charge in [0.05, 0.1) is 16.5 Å². The number of phenols is 2. The van der Waals surface area contributed by atoms with Gasteiger partial charge in [-0.15, -0.1) is 0 Å². The van der Waals surface area contributed by atoms with Crippen LogP contribution in [0.1, 0.15) is 15.9 Å². The second-order valence-corrected chi connectivity index (χ2v) is 11.6. The van der Waals surface area contributed by atoms with Crippen LogP contribution in [0.4, 0.5) is 13.2 Å². The summed E-state index contributed by atoms with van der Waals surface area (Å²) in [5, 5.41) is 19.4. The van der Waals surface area contributed by atoms with Crippen LogP contribution < -0.4 is 0 Å². The maximum Gasteiger partial charge on any atom is 0.196 e. The third-order valence-corrected chi connectivity index (χ3v) is 9.10. The number of phenolic OH excluding ortho intramolecular Hbond substituents is 2. The van der Waals surface area contributed by atoms with Gasteiger partial charge in [0.25, 0.3) is 0 Å². The van der Waals surface area contributed by atoms with Gasteiger partial charge in [-0.05, 0) is 103 Å². The Kier molecular flexibility index (Phi) is 7.67. The molecule has 0 saturated heterocycles. The van der Waals surface area contributed by atoms with Crippen LogP contribution >= 0.6 is 11.8 Å². The number of hydrogen-bond donors (Lipinski definition) is 2. The molecule has 0 bridgehead atoms. The fourth-order valence-corrected chi connectivity index (χ4v) is 6.77. The number of hydrogen-bond acceptors (Lipinski definition) is 4. The SMILES string of the molecule is O=C(c1ccc(Sc2ccc([S+](c3ccc(F)cc3)c3ccc(F)cc3)cc2)c(F)c1)c1ccc(O)cc1O. The molecule has 0 aromatic heterocycles. The number of ketones is 1. The fourth-order valence-electron chi connectivity index (χ4n) is 3.91. The van der Waals surface area contributed by atoms with E-state index in [0.717, 1.165) is 31.7 Å². The van der Waals surface area contributed by atoms with Gasteiger partial charge in [-0.3, -0.25) is 4.79 Å². The maximum absolute atomic E-state index is 15.0. The molecule has 0 heterocycles. The van der Waals surface area contributed by atoms with Crippen molar-refractivity contribution in [2.45, 2.75) is 24.5 Å². The second kappa shape index (κ2) is 11.3. The predicted octanol–water partition coefficient (Wildman–Crippen LogP) is 7.99. The molecule has 5 aromatic carbocycles. The van der Waals surface area contributed by atoms with E-state index in [-0.39, 0.29) is 34.3 Å². The summed E-state index contributed by atoms with van der Waals surface area (Å²) >= 11 is 1.19. The lowest BCUT2D eigenvalue weighted by Gasteiger charge is -2.10. The first kappa shape index (κ1) is 26.5. The molecule has 0 atom stereocenters. The Morgan fingerprint density at radius 2 is 1.18 bits per heavy atom. The van der Waals surface area contributed by atoms with E-state index in [1.807, 2.05) is 24.3 Å². The van der Waals surface area contributed by atoms with E-state index in [2.05, 4.69) is 0 Å². The molecular formula is C31H20F3O3S2+. The lowest BCUT2D eigenvalue weighted by Crippen LogP contribution is -2.05. The Labute approximate surface area is 229 Å². The summed E-state index contributed by atoms with van der Waals surface area (Å²) in [6.45, 7) is 0. The highest BCUT2D eigenvalue weighted by Crippen LogP contribution is 2.35. The standard InChI is InChI=1S/C31H19F3O3S2/c32-20-2-9-24(10-3-20)39(25-11-4-21(33)5-12-25)26-13-7-23(8-14-26)38-30-16-1-19(17-28(30)34)31(37)27-15-6-22(35)18-29(27)36/h1-18H,(H-,35,36,37)/p+1. The van der Waals surface area contributed by atoms with Gasteiger partial charge in [-0.2, -0.15) is 0 Å². The monoisotopic (exact) mass is 561 g/mol. The van der Waals surface area contributed by atoms with Crippen molar-refractivity contribution in [3.8, 4) is 11.5 Å². The van der Waals surface area contributed by atoms with Gasteiger partial charge in [0, 0.05) is 21.4 Å². The van der Waals surface area contributed by atoms with E-state index in [1.165, 1.54) is 60.3 Å². The Balaban J connectivity index is 1.38. The molecule has 0 unspecified atom stereocenters. The van der Waals surface area contributed by atoms with Crippen LogP contribution in [0.25, 0.3) is 0 Å². The number of halogens is 3. The van der Waals surface area contributed by atoms with Crippen molar-refractivity contribution in [2.75, 3.05) is 0 Å². The van der Waals surface area contributed by atoms with Crippen LogP contribution in [0.15, 0.2) is 134 Å². The Morgan fingerprint density at radius 3 is 1.69 bits per heavy atom. The van der Waals surface area contributed by atoms with Gasteiger partial charge < -0.3 is 10.2 Å². The summed E-state index contributed by atoms with van der Waals surface area (Å²) in [5.41, 5.74) is 0.0247. The van der Waals surface area contributed by atoms with Gasteiger partial charge in [0.15, 0.2) is 20.5 Å². The number of benzene rings is 5. The molecule has 0 saturated carbocycles. The van der Waals surface area contributed by atoms with Gasteiger partial charge in [0.1, 0.15) is 29.0 Å². The predicted molar refractivity (Wildman–Crippen MR) is 145 cm³/mol. The van der Waals surface area contributed by atoms with E-state index >= 15 is 0 Å². The zero-order valence-corrected chi connectivity index (χ0v) is 21.8. The van der Waals surface area contributed by atoms with Gasteiger partial charge in [-0.1, -0.05) is 11.8 Å². The number of carbonyl (C=O) groups excluding carboxylic acids is 1. The molecule has 39 heavy (non-hydrogen) atoms. The molecule has 5 aromatic rings. The van der Waals surface area contributed by atoms with Gasteiger partial charge in [-0.25, -0.2) is 13.2 Å². The highest BCUT2D eigenvalue weighted by molar-refractivity contribution is 7.99. The summed E-state index contributed by atoms with van der Waals surface area (Å²) in [7, 11) is -0.611. The fraction of sp³-hybridized carbons (Fsp3) is 0. The van der Waals surface area contributed by atoms with Crippen molar-refractivity contribution in [2.24, 2.45) is 0 Å². The summed E-state index contributed by atoms with van der Waals surface area (Å²) in [5.74, 6) is -2.42. The van der Waals surface area contributed by atoms with Crippen molar-refractivity contribution in [1.29, 1.82) is 0 Å². The average molecular weight is 562 g/mol. The van der Waals surface area contributed by atoms with Gasteiger partial charge >= 0.3 is 0 Å². The Bertz CT molecular complexity index is 1590. The van der Waals surface area contributed by atoms with Crippen molar-refractivity contribution >= 4 is 28.4 Å². The first-order valence-corrected chi connectivity index (χ1v) is 13.7. The van der Waals surface area contributed by atoms with E-state index in [1.54, 1.807) is 24.3 Å². The molecule has 194 valence electrons. The quantitative estimate of drug-likeness (QED) is 0.156. The summed E-state index contributed by atoms with van der Waals surface area (Å²) in [6, 6.07) is 27.6. The third-order valence-electron chi connectivity index (χ3n) is 5.81. The van der Waals surface area contributed by atoms with Crippen molar-refractivity contribution in [3.63, 3.8) is 0 Å². The summed E-state index contributed by atoms with van der Waals surface area (Å²) in [4.78, 5) is 16.4. The van der Waals surface area contributed by atoms with E-state index in [0.29, 0.717) is 4.90 Å². The molecule has 8 heteroatoms. The zero-order valence-electron chi connectivity index (χ0n) is 20.1. The Hall–Kier alpha value is -4.14. The number of rotatable bonds is 7. The third kappa shape index (κ3) is 5.97. The largest absolute Gasteiger partial charge is 0.508 e. The smallest absolute Gasteiger partial charge is 0.196 e. The maximum atomic E-state index is 15.0. The topological polar surface area (TPSA) is 57.5 Å². The van der Waals surface area contributed by atoms with Gasteiger partial charge in [0.2, 0.25) is 0 Å². The molecule has 0 radical (unpaired) electrons. The lowest BCUT2D eigenvalue weighted by molar-refractivity contribution is 0.103. The minimum Gasteiger partial charge on any atom is -0.508 e. The molecule has 0 amide bonds.